The maximum atomic E-state index is 9.83. The Kier molecular flexibility index (Phi) is 9.34. The first-order chi connectivity index (χ1) is 26.8. The molecule has 6 saturated heterocycles. The molecule has 13 heteroatoms. The summed E-state index contributed by atoms with van der Waals surface area (Å²) in [6.45, 7) is 5.40. The van der Waals surface area contributed by atoms with Crippen molar-refractivity contribution in [3.8, 4) is 17.6 Å². The van der Waals surface area contributed by atoms with E-state index in [0.717, 1.165) is 23.1 Å². The minimum atomic E-state index is -4.06. The van der Waals surface area contributed by atoms with Gasteiger partial charge in [-0.05, 0) is 0 Å². The van der Waals surface area contributed by atoms with Gasteiger partial charge in [0.25, 0.3) is 0 Å². The summed E-state index contributed by atoms with van der Waals surface area (Å²) in [7, 11) is -0.764. The summed E-state index contributed by atoms with van der Waals surface area (Å²) in [5.41, 5.74) is -1.59. The van der Waals surface area contributed by atoms with Crippen molar-refractivity contribution in [2.24, 2.45) is 0 Å². The van der Waals surface area contributed by atoms with E-state index in [0.29, 0.717) is 76.6 Å². The average Bonchev–Trinajstić information content (AvgIpc) is 3.62. The predicted molar refractivity (Wildman–Crippen MR) is 203 cm³/mol. The van der Waals surface area contributed by atoms with Gasteiger partial charge in [0.05, 0.1) is 0 Å². The van der Waals surface area contributed by atoms with E-state index in [9.17, 15) is 5.26 Å². The molecule has 6 aliphatic rings. The van der Waals surface area contributed by atoms with Crippen molar-refractivity contribution in [3.63, 3.8) is 0 Å². The van der Waals surface area contributed by atoms with E-state index in [1.807, 2.05) is 54.6 Å². The number of hydrogen-bond acceptors (Lipinski definition) is 12. The Balaban J connectivity index is 1.31. The van der Waals surface area contributed by atoms with Crippen molar-refractivity contribution < 1.29 is 46.9 Å². The molecular weight excluding hydrogens is 723 g/mol. The van der Waals surface area contributed by atoms with Gasteiger partial charge in [-0.25, -0.2) is 0 Å². The summed E-state index contributed by atoms with van der Waals surface area (Å²) < 4.78 is 71.0. The van der Waals surface area contributed by atoms with Crippen LogP contribution in [0, 0.1) is 11.3 Å². The van der Waals surface area contributed by atoms with Crippen molar-refractivity contribution >= 4 is 7.21 Å². The number of methoxy groups -OCH3 is 2. The number of rotatable bonds is 11. The van der Waals surface area contributed by atoms with Gasteiger partial charge in [-0.1, -0.05) is 0 Å². The quantitative estimate of drug-likeness (QED) is 0.120. The van der Waals surface area contributed by atoms with E-state index in [1.54, 1.807) is 14.2 Å². The van der Waals surface area contributed by atoms with Gasteiger partial charge in [0.1, 0.15) is 0 Å². The molecule has 12 nitrogen and oxygen atoms in total. The molecule has 6 heterocycles. The fraction of sp³-hybridized carbons (Fsp3) is 0.548. The molecule has 3 aromatic carbocycles. The molecule has 3 aromatic rings. The van der Waals surface area contributed by atoms with Crippen LogP contribution in [-0.4, -0.2) is 106 Å². The first-order valence-corrected chi connectivity index (χ1v) is 21.8. The number of nitriles is 1. The fourth-order valence-electron chi connectivity index (χ4n) is 10.3. The molecule has 294 valence electrons. The predicted octanol–water partition coefficient (Wildman–Crippen LogP) is 6.50. The molecule has 0 bridgehead atoms. The topological polar surface area (TPSA) is 119 Å². The van der Waals surface area contributed by atoms with Crippen LogP contribution in [0.5, 0.6) is 11.5 Å². The van der Waals surface area contributed by atoms with Crippen LogP contribution in [0.4, 0.5) is 0 Å². The zero-order valence-electron chi connectivity index (χ0n) is 31.9. The van der Waals surface area contributed by atoms with E-state index in [-0.39, 0.29) is 19.2 Å². The number of hydrogen-bond donors (Lipinski definition) is 0. The molecule has 55 heavy (non-hydrogen) atoms. The number of nitrogens with zero attached hydrogens (tertiary/aromatic N) is 2. The molecule has 0 N–H and O–H groups in total. The third-order valence-corrected chi connectivity index (χ3v) is 18.1. The number of ether oxygens (including phenoxy) is 8. The molecule has 0 aliphatic carbocycles. The second-order valence-corrected chi connectivity index (χ2v) is 19.9. The number of benzene rings is 3. The Labute approximate surface area is 322 Å². The summed E-state index contributed by atoms with van der Waals surface area (Å²) in [5, 5.41) is 9.83. The molecule has 0 saturated carbocycles. The zero-order chi connectivity index (χ0) is 37.9. The summed E-state index contributed by atoms with van der Waals surface area (Å²) in [6, 6.07) is 28.4. The summed E-state index contributed by atoms with van der Waals surface area (Å²) in [6.07, 6.45) is 2.71. The molecule has 5 atom stereocenters. The molecule has 6 fully saturated rings. The minimum absolute atomic E-state index is 0.182. The molecule has 0 aromatic heterocycles. The Bertz CT molecular complexity index is 1840. The van der Waals surface area contributed by atoms with Crippen molar-refractivity contribution in [1.29, 1.82) is 5.26 Å². The Morgan fingerprint density at radius 1 is 0.855 bits per heavy atom. The van der Waals surface area contributed by atoms with Crippen LogP contribution in [0.3, 0.4) is 0 Å². The van der Waals surface area contributed by atoms with E-state index in [4.69, 9.17) is 46.9 Å². The van der Waals surface area contributed by atoms with Crippen molar-refractivity contribution in [2.75, 3.05) is 72.8 Å². The van der Waals surface area contributed by atoms with Gasteiger partial charge >= 0.3 is 324 Å². The summed E-state index contributed by atoms with van der Waals surface area (Å²) in [4.78, 5) is 0. The van der Waals surface area contributed by atoms with Gasteiger partial charge in [-0.3, -0.25) is 0 Å². The first-order valence-electron chi connectivity index (χ1n) is 19.4. The van der Waals surface area contributed by atoms with Crippen LogP contribution >= 0.6 is 7.21 Å². The van der Waals surface area contributed by atoms with Gasteiger partial charge in [0.2, 0.25) is 0 Å². The third kappa shape index (κ3) is 5.25. The monoisotopic (exact) mass is 774 g/mol. The van der Waals surface area contributed by atoms with Gasteiger partial charge in [-0.15, -0.1) is 0 Å². The van der Waals surface area contributed by atoms with Crippen LogP contribution in [0.15, 0.2) is 78.9 Å². The zero-order valence-corrected chi connectivity index (χ0v) is 32.8. The van der Waals surface area contributed by atoms with Crippen molar-refractivity contribution in [2.45, 2.75) is 73.6 Å². The summed E-state index contributed by atoms with van der Waals surface area (Å²) in [5.74, 6) is 0.0265. The second kappa shape index (κ2) is 13.7. The molecule has 0 amide bonds. The molecule has 0 radical (unpaired) electrons. The molecule has 6 aliphatic heterocycles. The van der Waals surface area contributed by atoms with Crippen LogP contribution in [0.25, 0.3) is 0 Å². The van der Waals surface area contributed by atoms with Crippen LogP contribution in [-0.2, 0) is 43.1 Å². The van der Waals surface area contributed by atoms with E-state index in [1.165, 1.54) is 0 Å². The van der Waals surface area contributed by atoms with Gasteiger partial charge in [0, 0.05) is 0 Å². The summed E-state index contributed by atoms with van der Waals surface area (Å²) >= 11 is 0. The maximum absolute atomic E-state index is 9.83. The second-order valence-electron chi connectivity index (χ2n) is 15.7. The Morgan fingerprint density at radius 2 is 1.53 bits per heavy atom. The molecular formula is C42H51N2O10P. The Morgan fingerprint density at radius 3 is 2.05 bits per heavy atom. The van der Waals surface area contributed by atoms with Crippen molar-refractivity contribution in [3.05, 3.63) is 95.6 Å². The molecule has 4 spiro atoms. The number of fused-ring (bicyclic) bond motifs is 2. The van der Waals surface area contributed by atoms with Crippen LogP contribution < -0.4 is 9.47 Å². The standard InChI is InChI=1S/C42H51N2O10P/c1-38(17-23-47-31-38)44-42(39(18-24-48-39)19-25-49-40(42)20-26-50-40)54-37(30-55(44,28-27-52-55)51-22-10-21-43)53-41(32-11-6-4-7-12-32,33-13-8-5-9-14-33)35-16-15-34(45-2)29-36(35)46-3/h4-9,11-16,29,37H,10,17-20,22-28,30-31H2,1-3H3. The van der Waals surface area contributed by atoms with Crippen LogP contribution in [0.2, 0.25) is 0 Å². The first kappa shape index (κ1) is 37.4. The van der Waals surface area contributed by atoms with Crippen molar-refractivity contribution in [1.82, 2.24) is 4.67 Å². The normalized spacial score (nSPS) is 34.2. The third-order valence-electron chi connectivity index (χ3n) is 12.9. The van der Waals surface area contributed by atoms with Gasteiger partial charge in [-0.2, -0.15) is 0 Å². The van der Waals surface area contributed by atoms with Gasteiger partial charge < -0.3 is 0 Å². The molecule has 9 rings (SSSR count). The van der Waals surface area contributed by atoms with E-state index in [2.05, 4.69) is 41.9 Å². The van der Waals surface area contributed by atoms with Crippen LogP contribution in [0.1, 0.15) is 55.7 Å². The average molecular weight is 775 g/mol. The molecule has 5 unspecified atom stereocenters. The van der Waals surface area contributed by atoms with E-state index < -0.39 is 41.8 Å². The fourth-order valence-corrected chi connectivity index (χ4v) is 15.7. The SMILES string of the molecule is COc1ccc(C(OC2CP3(OCCC#N)(CCO3)N(C3(C)CCOC3)C3(O2)C2(CCO2)CCOC32CCO2)(c2ccccc2)c2ccccc2)c(OC)c1. The van der Waals surface area contributed by atoms with Gasteiger partial charge in [0.15, 0.2) is 0 Å². The van der Waals surface area contributed by atoms with E-state index >= 15 is 0 Å². The Hall–Kier alpha value is -3.18.